The molecule has 0 unspecified atom stereocenters. The van der Waals surface area contributed by atoms with Crippen molar-refractivity contribution in [3.8, 4) is 22.7 Å². The lowest BCUT2D eigenvalue weighted by Gasteiger charge is -2.16. The predicted molar refractivity (Wildman–Crippen MR) is 100 cm³/mol. The van der Waals surface area contributed by atoms with E-state index in [0.29, 0.717) is 18.1 Å². The van der Waals surface area contributed by atoms with E-state index < -0.39 is 0 Å². The summed E-state index contributed by atoms with van der Waals surface area (Å²) in [5.41, 5.74) is 4.66. The van der Waals surface area contributed by atoms with Gasteiger partial charge in [-0.3, -0.25) is 4.79 Å². The van der Waals surface area contributed by atoms with Crippen molar-refractivity contribution in [1.29, 1.82) is 0 Å². The Bertz CT molecular complexity index is 979. The van der Waals surface area contributed by atoms with E-state index in [-0.39, 0.29) is 5.91 Å². The lowest BCUT2D eigenvalue weighted by molar-refractivity contribution is -0.126. The number of carbonyl (C=O) groups is 1. The summed E-state index contributed by atoms with van der Waals surface area (Å²) in [4.78, 5) is 13.4. The summed E-state index contributed by atoms with van der Waals surface area (Å²) in [5, 5.41) is 5.45. The molecule has 0 bridgehead atoms. The Hall–Kier alpha value is -2.79. The van der Waals surface area contributed by atoms with Crippen LogP contribution >= 0.6 is 11.6 Å². The van der Waals surface area contributed by atoms with E-state index >= 15 is 0 Å². The van der Waals surface area contributed by atoms with Gasteiger partial charge in [0.2, 0.25) is 5.91 Å². The number of amides is 1. The van der Waals surface area contributed by atoms with E-state index in [2.05, 4.69) is 6.92 Å². The number of rotatable bonds is 3. The average Bonchev–Trinajstić information content (AvgIpc) is 3.20. The van der Waals surface area contributed by atoms with E-state index in [1.54, 1.807) is 12.0 Å². The van der Waals surface area contributed by atoms with Crippen molar-refractivity contribution in [3.05, 3.63) is 71.7 Å². The van der Waals surface area contributed by atoms with Gasteiger partial charge in [0.25, 0.3) is 0 Å². The zero-order chi connectivity index (χ0) is 18.3. The van der Waals surface area contributed by atoms with E-state index in [0.717, 1.165) is 34.0 Å². The summed E-state index contributed by atoms with van der Waals surface area (Å²) in [7, 11) is 1.64. The summed E-state index contributed by atoms with van der Waals surface area (Å²) in [6, 6.07) is 15.3. The Morgan fingerprint density at radius 2 is 1.88 bits per heavy atom. The van der Waals surface area contributed by atoms with Crippen LogP contribution in [0.2, 0.25) is 5.02 Å². The minimum Gasteiger partial charge on any atom is -0.494 e. The summed E-state index contributed by atoms with van der Waals surface area (Å²) in [6.45, 7) is 4.47. The Morgan fingerprint density at radius 3 is 2.58 bits per heavy atom. The number of carbonyl (C=O) groups excluding carboxylic acids is 1. The third-order valence-electron chi connectivity index (χ3n) is 4.54. The first-order valence-electron chi connectivity index (χ1n) is 8.19. The van der Waals surface area contributed by atoms with Crippen LogP contribution in [-0.4, -0.2) is 27.7 Å². The highest BCUT2D eigenvalue weighted by molar-refractivity contribution is 6.30. The molecule has 1 radical (unpaired) electrons. The van der Waals surface area contributed by atoms with Crippen molar-refractivity contribution in [2.45, 2.75) is 13.1 Å². The van der Waals surface area contributed by atoms with Crippen LogP contribution in [-0.2, 0) is 17.9 Å². The van der Waals surface area contributed by atoms with Crippen LogP contribution in [0.1, 0.15) is 11.3 Å². The number of para-hydroxylation sites is 2. The lowest BCUT2D eigenvalue weighted by atomic mass is 10.1. The van der Waals surface area contributed by atoms with Crippen LogP contribution in [0, 0.1) is 6.92 Å². The maximum atomic E-state index is 11.7. The first-order valence-corrected chi connectivity index (χ1v) is 8.57. The number of nitrogens with zero attached hydrogens (tertiary/aromatic N) is 3. The van der Waals surface area contributed by atoms with Crippen LogP contribution in [0.15, 0.2) is 48.5 Å². The van der Waals surface area contributed by atoms with Gasteiger partial charge in [-0.1, -0.05) is 35.9 Å². The van der Waals surface area contributed by atoms with Crippen LogP contribution < -0.4 is 4.74 Å². The highest BCUT2D eigenvalue weighted by atomic mass is 35.5. The normalized spacial score (nSPS) is 13.0. The smallest absolute Gasteiger partial charge is 0.223 e. The maximum Gasteiger partial charge on any atom is 0.223 e. The summed E-state index contributed by atoms with van der Waals surface area (Å²) < 4.78 is 7.40. The highest BCUT2D eigenvalue weighted by Crippen LogP contribution is 2.37. The van der Waals surface area contributed by atoms with Gasteiger partial charge in [-0.15, -0.1) is 0 Å². The molecule has 0 N–H and O–H groups in total. The fourth-order valence-electron chi connectivity index (χ4n) is 3.28. The number of hydrogen-bond acceptors (Lipinski definition) is 3. The molecule has 2 aromatic carbocycles. The summed E-state index contributed by atoms with van der Waals surface area (Å²) >= 11 is 6.06. The van der Waals surface area contributed by atoms with Gasteiger partial charge in [0, 0.05) is 23.1 Å². The number of fused-ring (bicyclic) bond motifs is 1. The van der Waals surface area contributed by atoms with E-state index in [9.17, 15) is 4.79 Å². The highest BCUT2D eigenvalue weighted by Gasteiger charge is 2.30. The molecule has 0 saturated heterocycles. The Labute approximate surface area is 156 Å². The van der Waals surface area contributed by atoms with Crippen molar-refractivity contribution in [1.82, 2.24) is 14.7 Å². The Kier molecular flexibility index (Phi) is 4.17. The SMILES string of the molecule is [CH2]C(=O)N1Cc2nn(-c3ccccc3OC)c(-c3ccc(Cl)cc3)c2C1. The van der Waals surface area contributed by atoms with Gasteiger partial charge in [-0.05, 0) is 24.3 Å². The monoisotopic (exact) mass is 366 g/mol. The molecule has 131 valence electrons. The average molecular weight is 367 g/mol. The molecule has 0 aliphatic carbocycles. The molecule has 0 saturated carbocycles. The van der Waals surface area contributed by atoms with Crippen LogP contribution in [0.4, 0.5) is 0 Å². The molecule has 1 amide bonds. The Balaban J connectivity index is 1.92. The molecule has 1 aromatic heterocycles. The zero-order valence-electron chi connectivity index (χ0n) is 14.3. The van der Waals surface area contributed by atoms with Crippen molar-refractivity contribution >= 4 is 17.5 Å². The van der Waals surface area contributed by atoms with Gasteiger partial charge in [0.1, 0.15) is 11.4 Å². The molecule has 2 heterocycles. The van der Waals surface area contributed by atoms with Gasteiger partial charge in [-0.25, -0.2) is 4.68 Å². The molecule has 5 nitrogen and oxygen atoms in total. The number of ether oxygens (including phenoxy) is 1. The van der Waals surface area contributed by atoms with Crippen molar-refractivity contribution < 1.29 is 9.53 Å². The fraction of sp³-hybridized carbons (Fsp3) is 0.150. The standard InChI is InChI=1S/C20H17ClN3O2/c1-13(25)23-11-16-17(12-23)22-24(18-5-3-4-6-19(18)26-2)20(16)14-7-9-15(21)10-8-14/h3-10H,1,11-12H2,2H3. The first-order chi connectivity index (χ1) is 12.6. The summed E-state index contributed by atoms with van der Waals surface area (Å²) in [5.74, 6) is 0.530. The topological polar surface area (TPSA) is 47.4 Å². The molecular formula is C20H17ClN3O2. The summed E-state index contributed by atoms with van der Waals surface area (Å²) in [6.07, 6.45) is 0. The third-order valence-corrected chi connectivity index (χ3v) is 4.79. The molecule has 6 heteroatoms. The van der Waals surface area contributed by atoms with Gasteiger partial charge in [-0.2, -0.15) is 5.10 Å². The third kappa shape index (κ3) is 2.74. The quantitative estimate of drug-likeness (QED) is 0.706. The van der Waals surface area contributed by atoms with Gasteiger partial charge in [0.05, 0.1) is 31.6 Å². The van der Waals surface area contributed by atoms with Crippen molar-refractivity contribution in [2.24, 2.45) is 0 Å². The van der Waals surface area contributed by atoms with Crippen LogP contribution in [0.25, 0.3) is 16.9 Å². The van der Waals surface area contributed by atoms with Gasteiger partial charge in [0.15, 0.2) is 0 Å². The fourth-order valence-corrected chi connectivity index (χ4v) is 3.40. The molecule has 26 heavy (non-hydrogen) atoms. The molecule has 3 aromatic rings. The van der Waals surface area contributed by atoms with E-state index in [4.69, 9.17) is 21.4 Å². The molecule has 1 aliphatic rings. The molecule has 1 aliphatic heterocycles. The van der Waals surface area contributed by atoms with Crippen molar-refractivity contribution in [3.63, 3.8) is 0 Å². The molecule has 4 rings (SSSR count). The Morgan fingerprint density at radius 1 is 1.15 bits per heavy atom. The number of aromatic nitrogens is 2. The molecule has 0 fully saturated rings. The maximum absolute atomic E-state index is 11.7. The van der Waals surface area contributed by atoms with Gasteiger partial charge >= 0.3 is 0 Å². The van der Waals surface area contributed by atoms with Crippen LogP contribution in [0.3, 0.4) is 0 Å². The minimum atomic E-state index is -0.200. The van der Waals surface area contributed by atoms with Crippen molar-refractivity contribution in [2.75, 3.05) is 7.11 Å². The largest absolute Gasteiger partial charge is 0.494 e. The first kappa shape index (κ1) is 16.7. The second kappa shape index (κ2) is 6.50. The van der Waals surface area contributed by atoms with Gasteiger partial charge < -0.3 is 9.64 Å². The lowest BCUT2D eigenvalue weighted by Crippen LogP contribution is -2.23. The molecular weight excluding hydrogens is 350 g/mol. The zero-order valence-corrected chi connectivity index (χ0v) is 15.0. The number of methoxy groups -OCH3 is 1. The minimum absolute atomic E-state index is 0.200. The molecule has 0 spiro atoms. The number of hydrogen-bond donors (Lipinski definition) is 0. The predicted octanol–water partition coefficient (Wildman–Crippen LogP) is 3.88. The second-order valence-corrected chi connectivity index (χ2v) is 6.55. The molecule has 0 atom stereocenters. The van der Waals surface area contributed by atoms with E-state index in [1.165, 1.54) is 0 Å². The number of benzene rings is 2. The second-order valence-electron chi connectivity index (χ2n) is 6.11. The van der Waals surface area contributed by atoms with E-state index in [1.807, 2.05) is 53.2 Å². The number of halogens is 1. The van der Waals surface area contributed by atoms with Crippen LogP contribution in [0.5, 0.6) is 5.75 Å².